The van der Waals surface area contributed by atoms with E-state index >= 15 is 0 Å². The standard InChI is InChI=1S/C17H23F2N3O4/c1-3-25-17(24)22-10-8-21(9-11-22)12(2)15(23)20-13-6-4-5-7-14(13)26-16(18)19/h4-7,12,16H,3,8-11H2,1-2H3,(H,20,23)/t12-/m0/s1. The van der Waals surface area contributed by atoms with Crippen LogP contribution in [0.4, 0.5) is 19.3 Å². The van der Waals surface area contributed by atoms with Gasteiger partial charge in [0.05, 0.1) is 18.3 Å². The Kier molecular flexibility index (Phi) is 7.14. The number of anilines is 1. The van der Waals surface area contributed by atoms with Crippen molar-refractivity contribution < 1.29 is 27.8 Å². The molecule has 1 heterocycles. The Morgan fingerprint density at radius 3 is 2.46 bits per heavy atom. The number of hydrogen-bond donors (Lipinski definition) is 1. The molecule has 0 aromatic heterocycles. The monoisotopic (exact) mass is 371 g/mol. The summed E-state index contributed by atoms with van der Waals surface area (Å²) < 4.78 is 34.3. The number of amides is 2. The number of nitrogens with one attached hydrogen (secondary N) is 1. The van der Waals surface area contributed by atoms with Gasteiger partial charge in [-0.2, -0.15) is 8.78 Å². The first-order chi connectivity index (χ1) is 12.4. The van der Waals surface area contributed by atoms with Gasteiger partial charge in [0.15, 0.2) is 0 Å². The predicted octanol–water partition coefficient (Wildman–Crippen LogP) is 2.39. The third-order valence-electron chi connectivity index (χ3n) is 4.13. The van der Waals surface area contributed by atoms with Crippen LogP contribution < -0.4 is 10.1 Å². The first-order valence-corrected chi connectivity index (χ1v) is 8.42. The molecule has 0 unspecified atom stereocenters. The molecule has 1 aliphatic rings. The molecule has 1 atom stereocenters. The molecule has 144 valence electrons. The topological polar surface area (TPSA) is 71.1 Å². The molecule has 1 saturated heterocycles. The largest absolute Gasteiger partial charge is 0.450 e. The van der Waals surface area contributed by atoms with Crippen LogP contribution >= 0.6 is 0 Å². The van der Waals surface area contributed by atoms with Crippen LogP contribution in [-0.4, -0.2) is 67.2 Å². The SMILES string of the molecule is CCOC(=O)N1CCN([C@@H](C)C(=O)Nc2ccccc2OC(F)F)CC1. The number of para-hydroxylation sites is 2. The molecule has 9 heteroatoms. The van der Waals surface area contributed by atoms with Crippen molar-refractivity contribution in [2.75, 3.05) is 38.1 Å². The summed E-state index contributed by atoms with van der Waals surface area (Å²) in [7, 11) is 0. The minimum atomic E-state index is -2.97. The Hall–Kier alpha value is -2.42. The van der Waals surface area contributed by atoms with Gasteiger partial charge in [0.25, 0.3) is 0 Å². The number of nitrogens with zero attached hydrogens (tertiary/aromatic N) is 2. The van der Waals surface area contributed by atoms with E-state index in [1.54, 1.807) is 30.9 Å². The highest BCUT2D eigenvalue weighted by Crippen LogP contribution is 2.26. The number of benzene rings is 1. The van der Waals surface area contributed by atoms with Crippen LogP contribution in [0.25, 0.3) is 0 Å². The van der Waals surface area contributed by atoms with E-state index in [2.05, 4.69) is 10.1 Å². The maximum Gasteiger partial charge on any atom is 0.409 e. The van der Waals surface area contributed by atoms with E-state index in [9.17, 15) is 18.4 Å². The van der Waals surface area contributed by atoms with Crippen molar-refractivity contribution in [2.24, 2.45) is 0 Å². The van der Waals surface area contributed by atoms with Crippen LogP contribution in [-0.2, 0) is 9.53 Å². The molecule has 1 aromatic carbocycles. The van der Waals surface area contributed by atoms with Crippen molar-refractivity contribution in [1.29, 1.82) is 0 Å². The quantitative estimate of drug-likeness (QED) is 0.831. The van der Waals surface area contributed by atoms with Gasteiger partial charge in [0, 0.05) is 26.2 Å². The van der Waals surface area contributed by atoms with Crippen LogP contribution in [0, 0.1) is 0 Å². The summed E-state index contributed by atoms with van der Waals surface area (Å²) in [4.78, 5) is 27.7. The molecule has 7 nitrogen and oxygen atoms in total. The lowest BCUT2D eigenvalue weighted by Crippen LogP contribution is -2.54. The summed E-state index contributed by atoms with van der Waals surface area (Å²) >= 11 is 0. The smallest absolute Gasteiger partial charge is 0.409 e. The molecule has 0 aliphatic carbocycles. The fourth-order valence-electron chi connectivity index (χ4n) is 2.68. The van der Waals surface area contributed by atoms with Crippen molar-refractivity contribution in [2.45, 2.75) is 26.5 Å². The molecule has 0 radical (unpaired) electrons. The van der Waals surface area contributed by atoms with E-state index < -0.39 is 12.7 Å². The third-order valence-corrected chi connectivity index (χ3v) is 4.13. The van der Waals surface area contributed by atoms with Crippen LogP contribution in [0.5, 0.6) is 5.75 Å². The van der Waals surface area contributed by atoms with E-state index in [0.717, 1.165) is 0 Å². The molecule has 1 aliphatic heterocycles. The molecule has 1 fully saturated rings. The number of hydrogen-bond acceptors (Lipinski definition) is 5. The van der Waals surface area contributed by atoms with E-state index in [1.165, 1.54) is 12.1 Å². The second-order valence-electron chi connectivity index (χ2n) is 5.76. The zero-order valence-corrected chi connectivity index (χ0v) is 14.8. The van der Waals surface area contributed by atoms with E-state index in [0.29, 0.717) is 32.8 Å². The first kappa shape index (κ1) is 19.9. The lowest BCUT2D eigenvalue weighted by atomic mass is 10.2. The van der Waals surface area contributed by atoms with Gasteiger partial charge in [-0.3, -0.25) is 9.69 Å². The Labute approximate surface area is 150 Å². The Bertz CT molecular complexity index is 622. The van der Waals surface area contributed by atoms with Crippen LogP contribution in [0.3, 0.4) is 0 Å². The molecule has 2 rings (SSSR count). The highest BCUT2D eigenvalue weighted by molar-refractivity contribution is 5.95. The molecule has 0 spiro atoms. The molecule has 0 saturated carbocycles. The van der Waals surface area contributed by atoms with Gasteiger partial charge in [0.2, 0.25) is 5.91 Å². The van der Waals surface area contributed by atoms with Crippen LogP contribution in [0.1, 0.15) is 13.8 Å². The zero-order chi connectivity index (χ0) is 19.1. The summed E-state index contributed by atoms with van der Waals surface area (Å²) in [6.45, 7) is 2.77. The number of piperazine rings is 1. The Morgan fingerprint density at radius 1 is 1.19 bits per heavy atom. The first-order valence-electron chi connectivity index (χ1n) is 8.42. The molecule has 1 aromatic rings. The van der Waals surface area contributed by atoms with Gasteiger partial charge in [-0.15, -0.1) is 0 Å². The number of carbonyl (C=O) groups is 2. The average molecular weight is 371 g/mol. The molecule has 26 heavy (non-hydrogen) atoms. The van der Waals surface area contributed by atoms with Crippen molar-refractivity contribution in [3.63, 3.8) is 0 Å². The number of halogens is 2. The summed E-state index contributed by atoms with van der Waals surface area (Å²) in [5.41, 5.74) is 0.190. The van der Waals surface area contributed by atoms with Crippen molar-refractivity contribution in [3.8, 4) is 5.75 Å². The van der Waals surface area contributed by atoms with Gasteiger partial charge in [0.1, 0.15) is 5.75 Å². The van der Waals surface area contributed by atoms with Crippen LogP contribution in [0.2, 0.25) is 0 Å². The highest BCUT2D eigenvalue weighted by Gasteiger charge is 2.28. The molecule has 2 amide bonds. The van der Waals surface area contributed by atoms with Gasteiger partial charge < -0.3 is 19.7 Å². The van der Waals surface area contributed by atoms with Gasteiger partial charge >= 0.3 is 12.7 Å². The molecular weight excluding hydrogens is 348 g/mol. The van der Waals surface area contributed by atoms with Crippen molar-refractivity contribution in [1.82, 2.24) is 9.80 Å². The second-order valence-corrected chi connectivity index (χ2v) is 5.76. The normalized spacial score (nSPS) is 16.3. The van der Waals surface area contributed by atoms with Gasteiger partial charge in [-0.25, -0.2) is 4.79 Å². The maximum atomic E-state index is 12.5. The van der Waals surface area contributed by atoms with E-state index in [1.807, 2.05) is 4.90 Å². The maximum absolute atomic E-state index is 12.5. The summed E-state index contributed by atoms with van der Waals surface area (Å²) in [5.74, 6) is -0.421. The minimum Gasteiger partial charge on any atom is -0.450 e. The summed E-state index contributed by atoms with van der Waals surface area (Å²) in [5, 5.41) is 2.62. The van der Waals surface area contributed by atoms with E-state index in [4.69, 9.17) is 4.74 Å². The van der Waals surface area contributed by atoms with E-state index in [-0.39, 0.29) is 23.4 Å². The summed E-state index contributed by atoms with van der Waals surface area (Å²) in [6, 6.07) is 5.55. The average Bonchev–Trinajstić information content (AvgIpc) is 2.62. The minimum absolute atomic E-state index is 0.0878. The fourth-order valence-corrected chi connectivity index (χ4v) is 2.68. The molecule has 0 bridgehead atoms. The lowest BCUT2D eigenvalue weighted by Gasteiger charge is -2.36. The molecule has 1 N–H and O–H groups in total. The number of rotatable bonds is 6. The number of alkyl halides is 2. The number of ether oxygens (including phenoxy) is 2. The zero-order valence-electron chi connectivity index (χ0n) is 14.8. The predicted molar refractivity (Wildman–Crippen MR) is 91.3 cm³/mol. The summed E-state index contributed by atoms with van der Waals surface area (Å²) in [6.07, 6.45) is -0.359. The Morgan fingerprint density at radius 2 is 1.85 bits per heavy atom. The number of carbonyl (C=O) groups excluding carboxylic acids is 2. The second kappa shape index (κ2) is 9.33. The highest BCUT2D eigenvalue weighted by atomic mass is 19.3. The van der Waals surface area contributed by atoms with Gasteiger partial charge in [-0.1, -0.05) is 12.1 Å². The Balaban J connectivity index is 1.92. The van der Waals surface area contributed by atoms with Crippen molar-refractivity contribution >= 4 is 17.7 Å². The fraction of sp³-hybridized carbons (Fsp3) is 0.529. The van der Waals surface area contributed by atoms with Crippen LogP contribution in [0.15, 0.2) is 24.3 Å². The third kappa shape index (κ3) is 5.29. The van der Waals surface area contributed by atoms with Gasteiger partial charge in [-0.05, 0) is 26.0 Å². The van der Waals surface area contributed by atoms with Crippen molar-refractivity contribution in [3.05, 3.63) is 24.3 Å². The molecular formula is C17H23F2N3O4. The lowest BCUT2D eigenvalue weighted by molar-refractivity contribution is -0.121.